The van der Waals surface area contributed by atoms with E-state index in [9.17, 15) is 0 Å². The third-order valence-electron chi connectivity index (χ3n) is 3.48. The number of H-pyrrole nitrogens is 1. The predicted octanol–water partition coefficient (Wildman–Crippen LogP) is 3.22. The molecule has 0 aliphatic carbocycles. The van der Waals surface area contributed by atoms with E-state index >= 15 is 0 Å². The van der Waals surface area contributed by atoms with Gasteiger partial charge >= 0.3 is 0 Å². The van der Waals surface area contributed by atoms with Gasteiger partial charge in [-0.1, -0.05) is 35.0 Å². The lowest BCUT2D eigenvalue weighted by atomic mass is 10.1. The van der Waals surface area contributed by atoms with Gasteiger partial charge in [-0.05, 0) is 18.7 Å². The summed E-state index contributed by atoms with van der Waals surface area (Å²) in [6, 6.07) is 8.28. The topological polar surface area (TPSA) is 31.9 Å². The van der Waals surface area contributed by atoms with Crippen molar-refractivity contribution in [3.05, 3.63) is 40.1 Å². The van der Waals surface area contributed by atoms with Crippen LogP contribution < -0.4 is 0 Å². The van der Waals surface area contributed by atoms with Crippen LogP contribution in [-0.2, 0) is 13.0 Å². The third kappa shape index (κ3) is 2.22. The number of nitrogens with zero attached hydrogens (tertiary/aromatic N) is 2. The molecule has 1 aliphatic heterocycles. The molecular formula is C14H16BrN3. The minimum absolute atomic E-state index is 0.971. The minimum Gasteiger partial charge on any atom is -0.342 e. The molecule has 0 amide bonds. The first kappa shape index (κ1) is 11.9. The molecule has 0 unspecified atom stereocenters. The summed E-state index contributed by atoms with van der Waals surface area (Å²) in [4.78, 5) is 10.6. The van der Waals surface area contributed by atoms with Gasteiger partial charge in [-0.25, -0.2) is 4.98 Å². The molecule has 0 bridgehead atoms. The van der Waals surface area contributed by atoms with Gasteiger partial charge in [0.15, 0.2) is 0 Å². The normalized spacial score (nSPS) is 15.7. The Balaban J connectivity index is 1.91. The number of benzene rings is 1. The Kier molecular flexibility index (Phi) is 3.22. The molecule has 1 aromatic carbocycles. The standard InChI is InChI=1S/C14H16BrN3/c1-2-18-8-7-12-13(9-18)17-14(16-12)10-3-5-11(15)6-4-10/h3-6H,2,7-9H2,1H3,(H,16,17). The number of imidazole rings is 1. The highest BCUT2D eigenvalue weighted by atomic mass is 79.9. The monoisotopic (exact) mass is 305 g/mol. The van der Waals surface area contributed by atoms with Crippen LogP contribution in [0, 0.1) is 0 Å². The van der Waals surface area contributed by atoms with Gasteiger partial charge in [-0.15, -0.1) is 0 Å². The SMILES string of the molecule is CCN1CCc2[nH]c(-c3ccc(Br)cc3)nc2C1. The highest BCUT2D eigenvalue weighted by molar-refractivity contribution is 9.10. The second kappa shape index (κ2) is 4.86. The van der Waals surface area contributed by atoms with E-state index in [0.717, 1.165) is 41.9 Å². The Morgan fingerprint density at radius 3 is 2.83 bits per heavy atom. The average Bonchev–Trinajstić information content (AvgIpc) is 2.82. The fourth-order valence-corrected chi connectivity index (χ4v) is 2.62. The lowest BCUT2D eigenvalue weighted by Gasteiger charge is -2.23. The van der Waals surface area contributed by atoms with Crippen molar-refractivity contribution in [2.75, 3.05) is 13.1 Å². The Morgan fingerprint density at radius 2 is 2.11 bits per heavy atom. The largest absolute Gasteiger partial charge is 0.342 e. The number of nitrogens with one attached hydrogen (secondary N) is 1. The van der Waals surface area contributed by atoms with Crippen LogP contribution in [0.25, 0.3) is 11.4 Å². The Bertz CT molecular complexity index is 545. The minimum atomic E-state index is 0.971. The quantitative estimate of drug-likeness (QED) is 0.924. The molecule has 94 valence electrons. The van der Waals surface area contributed by atoms with Crippen LogP contribution in [0.5, 0.6) is 0 Å². The first-order valence-electron chi connectivity index (χ1n) is 6.32. The van der Waals surface area contributed by atoms with Crippen LogP contribution in [-0.4, -0.2) is 28.0 Å². The summed E-state index contributed by atoms with van der Waals surface area (Å²) in [5, 5.41) is 0. The van der Waals surface area contributed by atoms with Crippen molar-refractivity contribution in [3.63, 3.8) is 0 Å². The van der Waals surface area contributed by atoms with E-state index in [4.69, 9.17) is 4.98 Å². The van der Waals surface area contributed by atoms with Gasteiger partial charge in [-0.3, -0.25) is 4.90 Å². The van der Waals surface area contributed by atoms with Crippen molar-refractivity contribution >= 4 is 15.9 Å². The molecular weight excluding hydrogens is 290 g/mol. The van der Waals surface area contributed by atoms with E-state index in [1.165, 1.54) is 11.4 Å². The summed E-state index contributed by atoms with van der Waals surface area (Å²) in [6.07, 6.45) is 1.08. The summed E-state index contributed by atoms with van der Waals surface area (Å²) < 4.78 is 1.10. The second-order valence-electron chi connectivity index (χ2n) is 4.64. The maximum atomic E-state index is 4.74. The fourth-order valence-electron chi connectivity index (χ4n) is 2.36. The Hall–Kier alpha value is -1.13. The number of likely N-dealkylation sites (N-methyl/N-ethyl adjacent to an activating group) is 1. The fraction of sp³-hybridized carbons (Fsp3) is 0.357. The first-order chi connectivity index (χ1) is 8.76. The molecule has 0 atom stereocenters. The molecule has 4 heteroatoms. The highest BCUT2D eigenvalue weighted by Gasteiger charge is 2.19. The van der Waals surface area contributed by atoms with E-state index in [1.54, 1.807) is 0 Å². The van der Waals surface area contributed by atoms with E-state index in [-0.39, 0.29) is 0 Å². The predicted molar refractivity (Wildman–Crippen MR) is 76.4 cm³/mol. The number of fused-ring (bicyclic) bond motifs is 1. The highest BCUT2D eigenvalue weighted by Crippen LogP contribution is 2.23. The van der Waals surface area contributed by atoms with Crippen LogP contribution in [0.1, 0.15) is 18.3 Å². The van der Waals surface area contributed by atoms with Gasteiger partial charge in [0, 0.05) is 35.2 Å². The van der Waals surface area contributed by atoms with Crippen molar-refractivity contribution in [1.82, 2.24) is 14.9 Å². The zero-order valence-corrected chi connectivity index (χ0v) is 12.0. The third-order valence-corrected chi connectivity index (χ3v) is 4.01. The number of aromatic amines is 1. The van der Waals surface area contributed by atoms with Crippen LogP contribution in [0.3, 0.4) is 0 Å². The molecule has 0 saturated carbocycles. The van der Waals surface area contributed by atoms with E-state index < -0.39 is 0 Å². The summed E-state index contributed by atoms with van der Waals surface area (Å²) in [5.41, 5.74) is 3.66. The molecule has 0 fully saturated rings. The number of halogens is 1. The molecule has 2 heterocycles. The van der Waals surface area contributed by atoms with Crippen molar-refractivity contribution in [1.29, 1.82) is 0 Å². The summed E-state index contributed by atoms with van der Waals surface area (Å²) >= 11 is 3.45. The molecule has 3 nitrogen and oxygen atoms in total. The van der Waals surface area contributed by atoms with Gasteiger partial charge in [0.1, 0.15) is 5.82 Å². The number of rotatable bonds is 2. The second-order valence-corrected chi connectivity index (χ2v) is 5.55. The molecule has 18 heavy (non-hydrogen) atoms. The summed E-state index contributed by atoms with van der Waals surface area (Å²) in [6.45, 7) is 5.40. The molecule has 0 radical (unpaired) electrons. The Morgan fingerprint density at radius 1 is 1.33 bits per heavy atom. The van der Waals surface area contributed by atoms with Gasteiger partial charge in [-0.2, -0.15) is 0 Å². The average molecular weight is 306 g/mol. The molecule has 1 N–H and O–H groups in total. The number of aromatic nitrogens is 2. The molecule has 1 aliphatic rings. The summed E-state index contributed by atoms with van der Waals surface area (Å²) in [7, 11) is 0. The lowest BCUT2D eigenvalue weighted by molar-refractivity contribution is 0.264. The van der Waals surface area contributed by atoms with Crippen LogP contribution in [0.4, 0.5) is 0 Å². The van der Waals surface area contributed by atoms with Crippen molar-refractivity contribution in [2.45, 2.75) is 19.9 Å². The van der Waals surface area contributed by atoms with Gasteiger partial charge in [0.25, 0.3) is 0 Å². The van der Waals surface area contributed by atoms with Crippen LogP contribution in [0.15, 0.2) is 28.7 Å². The number of hydrogen-bond donors (Lipinski definition) is 1. The van der Waals surface area contributed by atoms with Crippen LogP contribution in [0.2, 0.25) is 0 Å². The van der Waals surface area contributed by atoms with E-state index in [1.807, 2.05) is 0 Å². The van der Waals surface area contributed by atoms with E-state index in [2.05, 4.69) is 57.0 Å². The van der Waals surface area contributed by atoms with Crippen molar-refractivity contribution in [2.24, 2.45) is 0 Å². The van der Waals surface area contributed by atoms with Crippen LogP contribution >= 0.6 is 15.9 Å². The molecule has 0 spiro atoms. The molecule has 0 saturated heterocycles. The first-order valence-corrected chi connectivity index (χ1v) is 7.11. The van der Waals surface area contributed by atoms with Gasteiger partial charge in [0.2, 0.25) is 0 Å². The zero-order valence-electron chi connectivity index (χ0n) is 10.4. The lowest BCUT2D eigenvalue weighted by Crippen LogP contribution is -2.30. The summed E-state index contributed by atoms with van der Waals surface area (Å²) in [5.74, 6) is 0.991. The van der Waals surface area contributed by atoms with Gasteiger partial charge < -0.3 is 4.98 Å². The maximum absolute atomic E-state index is 4.74. The van der Waals surface area contributed by atoms with E-state index in [0.29, 0.717) is 0 Å². The number of hydrogen-bond acceptors (Lipinski definition) is 2. The zero-order chi connectivity index (χ0) is 12.5. The smallest absolute Gasteiger partial charge is 0.137 e. The molecule has 1 aromatic heterocycles. The molecule has 2 aromatic rings. The molecule has 3 rings (SSSR count). The van der Waals surface area contributed by atoms with Crippen molar-refractivity contribution in [3.8, 4) is 11.4 Å². The Labute approximate surface area is 115 Å². The van der Waals surface area contributed by atoms with Gasteiger partial charge in [0.05, 0.1) is 5.69 Å². The maximum Gasteiger partial charge on any atom is 0.137 e. The van der Waals surface area contributed by atoms with Crippen molar-refractivity contribution < 1.29 is 0 Å².